The molecule has 1 aromatic rings. The van der Waals surface area contributed by atoms with Crippen molar-refractivity contribution in [1.82, 2.24) is 0 Å². The highest BCUT2D eigenvalue weighted by Crippen LogP contribution is 2.49. The molecule has 0 N–H and O–H groups in total. The Hall–Kier alpha value is -1.15. The number of carbonyl (C=O) groups is 1. The van der Waals surface area contributed by atoms with Gasteiger partial charge in [-0.25, -0.2) is 0 Å². The molecule has 0 saturated heterocycles. The third kappa shape index (κ3) is 2.58. The van der Waals surface area contributed by atoms with Gasteiger partial charge in [-0.15, -0.1) is 0 Å². The summed E-state index contributed by atoms with van der Waals surface area (Å²) >= 11 is 0. The van der Waals surface area contributed by atoms with Crippen molar-refractivity contribution in [2.45, 2.75) is 38.7 Å². The number of Topliss-reactive ketones (excluding diaryl/α,β-unsaturated/α-hetero) is 1. The van der Waals surface area contributed by atoms with Crippen LogP contribution in [0.25, 0.3) is 0 Å². The van der Waals surface area contributed by atoms with Crippen LogP contribution >= 0.6 is 0 Å². The second-order valence-electron chi connectivity index (χ2n) is 5.17. The van der Waals surface area contributed by atoms with Gasteiger partial charge in [0.1, 0.15) is 5.60 Å². The highest BCUT2D eigenvalue weighted by atomic mass is 16.5. The van der Waals surface area contributed by atoms with Crippen molar-refractivity contribution in [3.8, 4) is 0 Å². The van der Waals surface area contributed by atoms with E-state index in [0.717, 1.165) is 6.42 Å². The highest BCUT2D eigenvalue weighted by molar-refractivity contribution is 5.91. The minimum absolute atomic E-state index is 0.152. The molecule has 2 atom stereocenters. The summed E-state index contributed by atoms with van der Waals surface area (Å²) in [4.78, 5) is 12.3. The maximum atomic E-state index is 12.3. The molecule has 2 nitrogen and oxygen atoms in total. The molecule has 0 bridgehead atoms. The Balaban J connectivity index is 2.02. The van der Waals surface area contributed by atoms with Crippen LogP contribution in [0.3, 0.4) is 0 Å². The first-order chi connectivity index (χ1) is 8.06. The van der Waals surface area contributed by atoms with E-state index in [2.05, 4.69) is 12.1 Å². The van der Waals surface area contributed by atoms with E-state index >= 15 is 0 Å². The lowest BCUT2D eigenvalue weighted by molar-refractivity contribution is -0.141. The molecule has 1 fully saturated rings. The molecule has 1 aliphatic rings. The largest absolute Gasteiger partial charge is 0.368 e. The second kappa shape index (κ2) is 4.61. The minimum atomic E-state index is -0.636. The summed E-state index contributed by atoms with van der Waals surface area (Å²) in [5, 5.41) is 0. The van der Waals surface area contributed by atoms with E-state index < -0.39 is 5.60 Å². The van der Waals surface area contributed by atoms with Crippen LogP contribution in [0.1, 0.15) is 38.7 Å². The average Bonchev–Trinajstić information content (AvgIpc) is 3.09. The molecular weight excluding hydrogens is 212 g/mol. The van der Waals surface area contributed by atoms with Crippen molar-refractivity contribution in [3.63, 3.8) is 0 Å². The van der Waals surface area contributed by atoms with Gasteiger partial charge in [0.15, 0.2) is 5.78 Å². The summed E-state index contributed by atoms with van der Waals surface area (Å²) in [5.74, 6) is 0.801. The molecule has 92 valence electrons. The van der Waals surface area contributed by atoms with Crippen LogP contribution in [-0.2, 0) is 9.53 Å². The first kappa shape index (κ1) is 12.3. The summed E-state index contributed by atoms with van der Waals surface area (Å²) in [6.07, 6.45) is 0.972. The zero-order valence-corrected chi connectivity index (χ0v) is 10.8. The standard InChI is InChI=1S/C15H20O2/c1-4-17-15(2,3)14(16)13-10-12(13)11-8-6-5-7-9-11/h5-9,12-13H,4,10H2,1-3H3. The van der Waals surface area contributed by atoms with Crippen LogP contribution in [0, 0.1) is 5.92 Å². The van der Waals surface area contributed by atoms with Crippen molar-refractivity contribution < 1.29 is 9.53 Å². The Labute approximate surface area is 103 Å². The predicted molar refractivity (Wildman–Crippen MR) is 68.0 cm³/mol. The van der Waals surface area contributed by atoms with Crippen molar-refractivity contribution in [2.24, 2.45) is 5.92 Å². The minimum Gasteiger partial charge on any atom is -0.368 e. The molecule has 0 heterocycles. The summed E-state index contributed by atoms with van der Waals surface area (Å²) in [6, 6.07) is 10.3. The first-order valence-electron chi connectivity index (χ1n) is 6.29. The number of hydrogen-bond donors (Lipinski definition) is 0. The fourth-order valence-corrected chi connectivity index (χ4v) is 2.43. The smallest absolute Gasteiger partial charge is 0.167 e. The van der Waals surface area contributed by atoms with Crippen molar-refractivity contribution in [3.05, 3.63) is 35.9 Å². The molecule has 2 heteroatoms. The lowest BCUT2D eigenvalue weighted by Gasteiger charge is -2.23. The van der Waals surface area contributed by atoms with Crippen LogP contribution < -0.4 is 0 Å². The molecule has 0 spiro atoms. The molecule has 2 rings (SSSR count). The Kier molecular flexibility index (Phi) is 3.34. The number of ether oxygens (including phenoxy) is 1. The lowest BCUT2D eigenvalue weighted by atomic mass is 9.96. The molecular formula is C15H20O2. The van der Waals surface area contributed by atoms with Gasteiger partial charge >= 0.3 is 0 Å². The molecule has 0 aliphatic heterocycles. The van der Waals surface area contributed by atoms with Gasteiger partial charge in [-0.05, 0) is 38.7 Å². The lowest BCUT2D eigenvalue weighted by Crippen LogP contribution is -2.36. The Morgan fingerprint density at radius 3 is 2.59 bits per heavy atom. The van der Waals surface area contributed by atoms with Crippen LogP contribution in [-0.4, -0.2) is 18.0 Å². The monoisotopic (exact) mass is 232 g/mol. The van der Waals surface area contributed by atoms with Gasteiger partial charge in [0.25, 0.3) is 0 Å². The Morgan fingerprint density at radius 2 is 2.00 bits per heavy atom. The van der Waals surface area contributed by atoms with E-state index in [0.29, 0.717) is 12.5 Å². The van der Waals surface area contributed by atoms with Gasteiger partial charge in [-0.2, -0.15) is 0 Å². The number of ketones is 1. The number of hydrogen-bond acceptors (Lipinski definition) is 2. The summed E-state index contributed by atoms with van der Waals surface area (Å²) in [7, 11) is 0. The van der Waals surface area contributed by atoms with E-state index in [1.54, 1.807) is 0 Å². The Morgan fingerprint density at radius 1 is 1.35 bits per heavy atom. The summed E-state index contributed by atoms with van der Waals surface area (Å²) in [6.45, 7) is 6.26. The van der Waals surface area contributed by atoms with Gasteiger partial charge in [-0.1, -0.05) is 30.3 Å². The van der Waals surface area contributed by atoms with Crippen LogP contribution in [0.2, 0.25) is 0 Å². The van der Waals surface area contributed by atoms with Gasteiger partial charge in [0.05, 0.1) is 0 Å². The van der Waals surface area contributed by atoms with Gasteiger partial charge in [0, 0.05) is 12.5 Å². The number of carbonyl (C=O) groups excluding carboxylic acids is 1. The van der Waals surface area contributed by atoms with E-state index in [-0.39, 0.29) is 11.7 Å². The third-order valence-corrected chi connectivity index (χ3v) is 3.45. The van der Waals surface area contributed by atoms with Crippen LogP contribution in [0.15, 0.2) is 30.3 Å². The van der Waals surface area contributed by atoms with Crippen LogP contribution in [0.4, 0.5) is 0 Å². The maximum absolute atomic E-state index is 12.3. The molecule has 0 radical (unpaired) electrons. The molecule has 1 aliphatic carbocycles. The maximum Gasteiger partial charge on any atom is 0.167 e. The summed E-state index contributed by atoms with van der Waals surface area (Å²) in [5.41, 5.74) is 0.640. The zero-order chi connectivity index (χ0) is 12.5. The molecule has 17 heavy (non-hydrogen) atoms. The zero-order valence-electron chi connectivity index (χ0n) is 10.8. The fourth-order valence-electron chi connectivity index (χ4n) is 2.43. The second-order valence-corrected chi connectivity index (χ2v) is 5.17. The van der Waals surface area contributed by atoms with E-state index in [4.69, 9.17) is 4.74 Å². The summed E-state index contributed by atoms with van der Waals surface area (Å²) < 4.78 is 5.53. The Bertz CT molecular complexity index is 395. The SMILES string of the molecule is CCOC(C)(C)C(=O)C1CC1c1ccccc1. The van der Waals surface area contributed by atoms with E-state index in [9.17, 15) is 4.79 Å². The van der Waals surface area contributed by atoms with Gasteiger partial charge in [-0.3, -0.25) is 4.79 Å². The normalized spacial score (nSPS) is 23.5. The topological polar surface area (TPSA) is 26.3 Å². The van der Waals surface area contributed by atoms with Crippen molar-refractivity contribution >= 4 is 5.78 Å². The van der Waals surface area contributed by atoms with Crippen molar-refractivity contribution in [2.75, 3.05) is 6.61 Å². The predicted octanol–water partition coefficient (Wildman–Crippen LogP) is 3.17. The molecule has 0 amide bonds. The first-order valence-corrected chi connectivity index (χ1v) is 6.29. The quantitative estimate of drug-likeness (QED) is 0.779. The number of benzene rings is 1. The van der Waals surface area contributed by atoms with Crippen LogP contribution in [0.5, 0.6) is 0 Å². The molecule has 1 saturated carbocycles. The van der Waals surface area contributed by atoms with Gasteiger partial charge in [0.2, 0.25) is 0 Å². The molecule has 0 aromatic heterocycles. The molecule has 1 aromatic carbocycles. The number of rotatable bonds is 5. The van der Waals surface area contributed by atoms with Crippen molar-refractivity contribution in [1.29, 1.82) is 0 Å². The van der Waals surface area contributed by atoms with E-state index in [1.165, 1.54) is 5.56 Å². The highest BCUT2D eigenvalue weighted by Gasteiger charge is 2.48. The fraction of sp³-hybridized carbons (Fsp3) is 0.533. The molecule has 2 unspecified atom stereocenters. The van der Waals surface area contributed by atoms with Gasteiger partial charge < -0.3 is 4.74 Å². The third-order valence-electron chi connectivity index (χ3n) is 3.45. The average molecular weight is 232 g/mol. The van der Waals surface area contributed by atoms with E-state index in [1.807, 2.05) is 39.0 Å².